The highest BCUT2D eigenvalue weighted by Gasteiger charge is 2.22. The summed E-state index contributed by atoms with van der Waals surface area (Å²) < 4.78 is 2.04. The maximum absolute atomic E-state index is 12.5. The van der Waals surface area contributed by atoms with Crippen LogP contribution in [0.25, 0.3) is 5.65 Å². The van der Waals surface area contributed by atoms with Gasteiger partial charge in [0.25, 0.3) is 5.91 Å². The van der Waals surface area contributed by atoms with E-state index in [2.05, 4.69) is 21.1 Å². The molecule has 0 saturated carbocycles. The summed E-state index contributed by atoms with van der Waals surface area (Å²) in [4.78, 5) is 25.7. The van der Waals surface area contributed by atoms with E-state index in [-0.39, 0.29) is 5.91 Å². The first-order chi connectivity index (χ1) is 12.2. The third-order valence-corrected chi connectivity index (χ3v) is 4.62. The van der Waals surface area contributed by atoms with Crippen molar-refractivity contribution in [3.05, 3.63) is 65.9 Å². The van der Waals surface area contributed by atoms with E-state index in [1.807, 2.05) is 52.8 Å². The summed E-state index contributed by atoms with van der Waals surface area (Å²) in [6.07, 6.45) is 5.75. The van der Waals surface area contributed by atoms with Gasteiger partial charge in [0.15, 0.2) is 0 Å². The summed E-state index contributed by atoms with van der Waals surface area (Å²) in [5.74, 6) is 0.0693. The van der Waals surface area contributed by atoms with Gasteiger partial charge < -0.3 is 9.30 Å². The van der Waals surface area contributed by atoms with Gasteiger partial charge in [0, 0.05) is 57.0 Å². The summed E-state index contributed by atoms with van der Waals surface area (Å²) in [5, 5.41) is 0. The minimum absolute atomic E-state index is 0.0693. The summed E-state index contributed by atoms with van der Waals surface area (Å²) >= 11 is 0. The Morgan fingerprint density at radius 2 is 1.96 bits per heavy atom. The molecule has 0 unspecified atom stereocenters. The molecular weight excluding hydrogens is 314 g/mol. The number of aryl methyl sites for hydroxylation is 1. The number of carbonyl (C=O) groups excluding carboxylic acids is 1. The number of amides is 1. The molecule has 25 heavy (non-hydrogen) atoms. The van der Waals surface area contributed by atoms with Crippen LogP contribution >= 0.6 is 0 Å². The molecule has 1 aliphatic heterocycles. The molecule has 0 aromatic carbocycles. The first kappa shape index (κ1) is 15.8. The van der Waals surface area contributed by atoms with Crippen LogP contribution in [-0.4, -0.2) is 56.3 Å². The number of pyridine rings is 2. The molecule has 4 rings (SSSR count). The number of aromatic nitrogens is 3. The van der Waals surface area contributed by atoms with Gasteiger partial charge in [-0.3, -0.25) is 14.7 Å². The summed E-state index contributed by atoms with van der Waals surface area (Å²) in [7, 11) is 0. The highest BCUT2D eigenvalue weighted by Crippen LogP contribution is 2.12. The van der Waals surface area contributed by atoms with Crippen molar-refractivity contribution in [2.45, 2.75) is 13.5 Å². The van der Waals surface area contributed by atoms with Crippen molar-refractivity contribution in [3.63, 3.8) is 0 Å². The lowest BCUT2D eigenvalue weighted by Crippen LogP contribution is -2.48. The molecule has 0 N–H and O–H groups in total. The molecule has 1 amide bonds. The van der Waals surface area contributed by atoms with Crippen LogP contribution in [0.3, 0.4) is 0 Å². The quantitative estimate of drug-likeness (QED) is 0.735. The minimum Gasteiger partial charge on any atom is -0.336 e. The van der Waals surface area contributed by atoms with Crippen molar-refractivity contribution in [3.8, 4) is 0 Å². The number of nitrogens with zero attached hydrogens (tertiary/aromatic N) is 5. The van der Waals surface area contributed by atoms with Gasteiger partial charge in [0.1, 0.15) is 5.65 Å². The normalized spacial score (nSPS) is 15.6. The highest BCUT2D eigenvalue weighted by atomic mass is 16.2. The number of hydrogen-bond donors (Lipinski definition) is 0. The van der Waals surface area contributed by atoms with Crippen LogP contribution in [0.15, 0.2) is 48.9 Å². The Morgan fingerprint density at radius 3 is 2.68 bits per heavy atom. The molecule has 128 valence electrons. The van der Waals surface area contributed by atoms with Crippen LogP contribution in [0.2, 0.25) is 0 Å². The van der Waals surface area contributed by atoms with Crippen LogP contribution in [0.1, 0.15) is 21.7 Å². The maximum atomic E-state index is 12.5. The van der Waals surface area contributed by atoms with E-state index < -0.39 is 0 Å². The third kappa shape index (κ3) is 3.39. The topological polar surface area (TPSA) is 53.7 Å². The van der Waals surface area contributed by atoms with E-state index >= 15 is 0 Å². The van der Waals surface area contributed by atoms with Gasteiger partial charge in [-0.2, -0.15) is 0 Å². The fourth-order valence-corrected chi connectivity index (χ4v) is 3.18. The summed E-state index contributed by atoms with van der Waals surface area (Å²) in [6.45, 7) is 5.93. The second-order valence-corrected chi connectivity index (χ2v) is 6.45. The highest BCUT2D eigenvalue weighted by molar-refractivity contribution is 5.94. The molecule has 0 radical (unpaired) electrons. The fourth-order valence-electron chi connectivity index (χ4n) is 3.18. The lowest BCUT2D eigenvalue weighted by Gasteiger charge is -2.34. The molecular formula is C19H21N5O. The Hall–Kier alpha value is -2.73. The average Bonchev–Trinajstić information content (AvgIpc) is 3.05. The number of hydrogen-bond acceptors (Lipinski definition) is 4. The molecule has 3 aromatic heterocycles. The van der Waals surface area contributed by atoms with E-state index in [9.17, 15) is 4.79 Å². The van der Waals surface area contributed by atoms with Crippen LogP contribution in [-0.2, 0) is 6.54 Å². The lowest BCUT2D eigenvalue weighted by molar-refractivity contribution is 0.0627. The molecule has 3 aromatic rings. The molecule has 6 nitrogen and oxygen atoms in total. The number of carbonyl (C=O) groups is 1. The zero-order valence-corrected chi connectivity index (χ0v) is 14.3. The molecule has 4 heterocycles. The minimum atomic E-state index is 0.0693. The fraction of sp³-hybridized carbons (Fsp3) is 0.316. The predicted molar refractivity (Wildman–Crippen MR) is 95.3 cm³/mol. The first-order valence-electron chi connectivity index (χ1n) is 8.56. The zero-order valence-electron chi connectivity index (χ0n) is 14.3. The van der Waals surface area contributed by atoms with E-state index in [0.29, 0.717) is 5.56 Å². The van der Waals surface area contributed by atoms with Crippen molar-refractivity contribution in [1.82, 2.24) is 24.2 Å². The van der Waals surface area contributed by atoms with Crippen molar-refractivity contribution in [1.29, 1.82) is 0 Å². The smallest absolute Gasteiger partial charge is 0.255 e. The monoisotopic (exact) mass is 335 g/mol. The number of fused-ring (bicyclic) bond motifs is 1. The number of imidazole rings is 1. The van der Waals surface area contributed by atoms with Crippen LogP contribution < -0.4 is 0 Å². The van der Waals surface area contributed by atoms with Crippen molar-refractivity contribution >= 4 is 11.6 Å². The Kier molecular flexibility index (Phi) is 4.19. The molecule has 1 saturated heterocycles. The second-order valence-electron chi connectivity index (χ2n) is 6.45. The zero-order chi connectivity index (χ0) is 17.2. The van der Waals surface area contributed by atoms with E-state index in [1.165, 1.54) is 0 Å². The van der Waals surface area contributed by atoms with Crippen molar-refractivity contribution < 1.29 is 4.79 Å². The van der Waals surface area contributed by atoms with Crippen molar-refractivity contribution in [2.75, 3.05) is 26.2 Å². The van der Waals surface area contributed by atoms with Crippen LogP contribution in [0.4, 0.5) is 0 Å². The Bertz CT molecular complexity index is 845. The molecule has 0 bridgehead atoms. The lowest BCUT2D eigenvalue weighted by atomic mass is 10.2. The number of rotatable bonds is 3. The summed E-state index contributed by atoms with van der Waals surface area (Å²) in [5.41, 5.74) is 3.63. The van der Waals surface area contributed by atoms with Gasteiger partial charge in [0.2, 0.25) is 0 Å². The molecule has 1 aliphatic rings. The van der Waals surface area contributed by atoms with Gasteiger partial charge in [-0.1, -0.05) is 6.07 Å². The Labute approximate surface area is 146 Å². The van der Waals surface area contributed by atoms with E-state index in [1.54, 1.807) is 6.20 Å². The predicted octanol–water partition coefficient (Wildman–Crippen LogP) is 2.00. The standard InChI is InChI=1S/C19H21N5O/c1-15-5-6-16(12-20-15)19(25)23-10-8-22(9-11-23)13-17-14-24-7-3-2-4-18(24)21-17/h2-7,12,14H,8-11,13H2,1H3. The van der Waals surface area contributed by atoms with Gasteiger partial charge in [-0.25, -0.2) is 4.98 Å². The SMILES string of the molecule is Cc1ccc(C(=O)N2CCN(Cc3cn4ccccc4n3)CC2)cn1. The van der Waals surface area contributed by atoms with Crippen molar-refractivity contribution in [2.24, 2.45) is 0 Å². The van der Waals surface area contributed by atoms with Gasteiger partial charge in [-0.05, 0) is 31.2 Å². The average molecular weight is 335 g/mol. The van der Waals surface area contributed by atoms with Crippen LogP contribution in [0.5, 0.6) is 0 Å². The Morgan fingerprint density at radius 1 is 1.12 bits per heavy atom. The van der Waals surface area contributed by atoms with Gasteiger partial charge in [0.05, 0.1) is 11.3 Å². The molecule has 1 fully saturated rings. The number of piperazine rings is 1. The molecule has 6 heteroatoms. The largest absolute Gasteiger partial charge is 0.336 e. The first-order valence-corrected chi connectivity index (χ1v) is 8.56. The molecule has 0 atom stereocenters. The molecule has 0 spiro atoms. The van der Waals surface area contributed by atoms with Gasteiger partial charge in [-0.15, -0.1) is 0 Å². The third-order valence-electron chi connectivity index (χ3n) is 4.62. The van der Waals surface area contributed by atoms with E-state index in [0.717, 1.165) is 49.8 Å². The Balaban J connectivity index is 1.36. The summed E-state index contributed by atoms with van der Waals surface area (Å²) in [6, 6.07) is 9.75. The van der Waals surface area contributed by atoms with Gasteiger partial charge >= 0.3 is 0 Å². The van der Waals surface area contributed by atoms with Crippen LogP contribution in [0, 0.1) is 6.92 Å². The molecule has 0 aliphatic carbocycles. The second kappa shape index (κ2) is 6.64. The maximum Gasteiger partial charge on any atom is 0.255 e. The van der Waals surface area contributed by atoms with E-state index in [4.69, 9.17) is 0 Å².